The van der Waals surface area contributed by atoms with Crippen LogP contribution in [0.15, 0.2) is 223 Å². The van der Waals surface area contributed by atoms with Crippen LogP contribution in [0.3, 0.4) is 0 Å². The lowest BCUT2D eigenvalue weighted by Gasteiger charge is -2.10. The van der Waals surface area contributed by atoms with Crippen molar-refractivity contribution in [1.82, 2.24) is 19.1 Å². The van der Waals surface area contributed by atoms with Crippen molar-refractivity contribution < 1.29 is 4.42 Å². The van der Waals surface area contributed by atoms with Crippen LogP contribution in [0.1, 0.15) is 0 Å². The maximum Gasteiger partial charge on any atom is 0.162 e. The summed E-state index contributed by atoms with van der Waals surface area (Å²) in [6.45, 7) is 0. The van der Waals surface area contributed by atoms with E-state index >= 15 is 0 Å². The summed E-state index contributed by atoms with van der Waals surface area (Å²) in [6.07, 6.45) is 0. The third-order valence-corrected chi connectivity index (χ3v) is 12.5. The highest BCUT2D eigenvalue weighted by Crippen LogP contribution is 2.43. The largest absolute Gasteiger partial charge is 0.455 e. The second-order valence-corrected chi connectivity index (χ2v) is 16.1. The van der Waals surface area contributed by atoms with Gasteiger partial charge in [0.2, 0.25) is 0 Å². The third kappa shape index (κ3) is 5.57. The second kappa shape index (κ2) is 14.0. The lowest BCUT2D eigenvalue weighted by Crippen LogP contribution is -1.99. The lowest BCUT2D eigenvalue weighted by atomic mass is 9.98. The molecule has 0 saturated carbocycles. The van der Waals surface area contributed by atoms with Crippen LogP contribution < -0.4 is 0 Å². The van der Waals surface area contributed by atoms with Crippen molar-refractivity contribution in [3.8, 4) is 56.3 Å². The molecule has 0 amide bonds. The highest BCUT2D eigenvalue weighted by molar-refractivity contribution is 6.17. The number of rotatable bonds is 6. The molecule has 0 aliphatic heterocycles. The highest BCUT2D eigenvalue weighted by Gasteiger charge is 2.23. The van der Waals surface area contributed by atoms with Crippen molar-refractivity contribution in [2.75, 3.05) is 0 Å². The second-order valence-electron chi connectivity index (χ2n) is 16.1. The summed E-state index contributed by atoms with van der Waals surface area (Å²) in [5.41, 5.74) is 15.5. The average molecular weight is 805 g/mol. The number of aromatic nitrogens is 4. The van der Waals surface area contributed by atoms with E-state index in [1.165, 1.54) is 21.8 Å². The maximum atomic E-state index is 6.81. The first-order valence-corrected chi connectivity index (χ1v) is 21.3. The number of para-hydroxylation sites is 4. The Bertz CT molecular complexity index is 3890. The normalized spacial score (nSPS) is 11.8. The van der Waals surface area contributed by atoms with E-state index in [0.717, 1.165) is 94.3 Å². The summed E-state index contributed by atoms with van der Waals surface area (Å²) < 4.78 is 11.4. The fourth-order valence-electron chi connectivity index (χ4n) is 9.64. The molecular formula is C58H36N4O. The average Bonchev–Trinajstić information content (AvgIpc) is 4.02. The Morgan fingerprint density at radius 2 is 0.905 bits per heavy atom. The standard InChI is InChI=1S/C58H36N4O/c1-5-16-37(17-6-1)55-54-49-36-41(29-32-52(49)62(43-22-11-4-12-23-43)58(54)60-57(59-55)38-18-7-2-8-19-38)44-25-15-26-46-48-35-40(30-33-53(48)63-56(44)46)39-28-31-51-47(34-39)45-24-13-14-27-50(45)61(51)42-20-9-3-10-21-42/h1-36H. The summed E-state index contributed by atoms with van der Waals surface area (Å²) in [7, 11) is 0. The van der Waals surface area contributed by atoms with Crippen molar-refractivity contribution in [2.24, 2.45) is 0 Å². The van der Waals surface area contributed by atoms with E-state index < -0.39 is 0 Å². The molecule has 0 N–H and O–H groups in total. The van der Waals surface area contributed by atoms with Crippen molar-refractivity contribution in [3.05, 3.63) is 218 Å². The molecule has 0 bridgehead atoms. The molecule has 0 spiro atoms. The van der Waals surface area contributed by atoms with Gasteiger partial charge in [-0.15, -0.1) is 0 Å². The molecule has 5 nitrogen and oxygen atoms in total. The van der Waals surface area contributed by atoms with Crippen molar-refractivity contribution in [1.29, 1.82) is 0 Å². The monoisotopic (exact) mass is 804 g/mol. The van der Waals surface area contributed by atoms with Gasteiger partial charge in [0, 0.05) is 55.0 Å². The van der Waals surface area contributed by atoms with Gasteiger partial charge in [0.25, 0.3) is 0 Å². The molecule has 294 valence electrons. The molecule has 0 fully saturated rings. The van der Waals surface area contributed by atoms with Crippen molar-refractivity contribution in [3.63, 3.8) is 0 Å². The first-order chi connectivity index (χ1) is 31.2. The Morgan fingerprint density at radius 3 is 1.65 bits per heavy atom. The smallest absolute Gasteiger partial charge is 0.162 e. The Balaban J connectivity index is 0.989. The van der Waals surface area contributed by atoms with E-state index in [0.29, 0.717) is 5.82 Å². The van der Waals surface area contributed by atoms with Crippen LogP contribution in [-0.2, 0) is 0 Å². The lowest BCUT2D eigenvalue weighted by molar-refractivity contribution is 0.670. The molecule has 0 aliphatic rings. The van der Waals surface area contributed by atoms with Crippen LogP contribution >= 0.6 is 0 Å². The number of nitrogens with zero attached hydrogens (tertiary/aromatic N) is 4. The van der Waals surface area contributed by atoms with Crippen LogP contribution in [0.25, 0.3) is 122 Å². The molecular weight excluding hydrogens is 769 g/mol. The number of hydrogen-bond acceptors (Lipinski definition) is 3. The first-order valence-electron chi connectivity index (χ1n) is 21.3. The molecule has 4 heterocycles. The Morgan fingerprint density at radius 1 is 0.349 bits per heavy atom. The van der Waals surface area contributed by atoms with Crippen LogP contribution in [0.4, 0.5) is 0 Å². The maximum absolute atomic E-state index is 6.81. The molecule has 9 aromatic carbocycles. The topological polar surface area (TPSA) is 48.8 Å². The van der Waals surface area contributed by atoms with Gasteiger partial charge in [-0.3, -0.25) is 4.57 Å². The van der Waals surface area contributed by atoms with Gasteiger partial charge in [0.05, 0.1) is 27.6 Å². The van der Waals surface area contributed by atoms with Gasteiger partial charge in [0.15, 0.2) is 5.82 Å². The summed E-state index contributed by atoms with van der Waals surface area (Å²) in [4.78, 5) is 10.7. The zero-order valence-corrected chi connectivity index (χ0v) is 34.0. The summed E-state index contributed by atoms with van der Waals surface area (Å²) in [6, 6.07) is 77.1. The molecule has 0 unspecified atom stereocenters. The molecule has 0 radical (unpaired) electrons. The zero-order chi connectivity index (χ0) is 41.4. The van der Waals surface area contributed by atoms with Crippen molar-refractivity contribution in [2.45, 2.75) is 0 Å². The zero-order valence-electron chi connectivity index (χ0n) is 34.0. The Kier molecular flexibility index (Phi) is 7.84. The van der Waals surface area contributed by atoms with E-state index in [1.54, 1.807) is 0 Å². The van der Waals surface area contributed by atoms with Crippen molar-refractivity contribution >= 4 is 65.7 Å². The predicted octanol–water partition coefficient (Wildman–Crippen LogP) is 15.2. The third-order valence-electron chi connectivity index (χ3n) is 12.5. The van der Waals surface area contributed by atoms with Gasteiger partial charge >= 0.3 is 0 Å². The molecule has 0 saturated heterocycles. The quantitative estimate of drug-likeness (QED) is 0.168. The minimum atomic E-state index is 0.687. The summed E-state index contributed by atoms with van der Waals surface area (Å²) in [5.74, 6) is 0.687. The first kappa shape index (κ1) is 35.2. The SMILES string of the molecule is c1ccc(-c2nc(-c3ccccc3)c3c4cc(-c5cccc6c5oc5ccc(-c7ccc8c(c7)c7ccccc7n8-c7ccccc7)cc56)ccc4n(-c4ccccc4)c3n2)cc1. The minimum absolute atomic E-state index is 0.687. The number of benzene rings is 9. The van der Waals surface area contributed by atoms with E-state index in [1.807, 2.05) is 24.3 Å². The molecule has 13 rings (SSSR count). The predicted molar refractivity (Wildman–Crippen MR) is 260 cm³/mol. The van der Waals surface area contributed by atoms with Crippen LogP contribution in [-0.4, -0.2) is 19.1 Å². The molecule has 63 heavy (non-hydrogen) atoms. The molecule has 0 atom stereocenters. The highest BCUT2D eigenvalue weighted by atomic mass is 16.3. The van der Waals surface area contributed by atoms with E-state index in [2.05, 4.69) is 203 Å². The number of hydrogen-bond donors (Lipinski definition) is 0. The Labute approximate surface area is 362 Å². The fourth-order valence-corrected chi connectivity index (χ4v) is 9.64. The number of fused-ring (bicyclic) bond motifs is 9. The van der Waals surface area contributed by atoms with E-state index in [4.69, 9.17) is 14.4 Å². The van der Waals surface area contributed by atoms with Gasteiger partial charge < -0.3 is 8.98 Å². The number of furan rings is 1. The molecule has 5 heteroatoms. The molecule has 0 aliphatic carbocycles. The summed E-state index contributed by atoms with van der Waals surface area (Å²) >= 11 is 0. The van der Waals surface area contributed by atoms with E-state index in [9.17, 15) is 0 Å². The molecule has 13 aromatic rings. The van der Waals surface area contributed by atoms with Crippen LogP contribution in [0.5, 0.6) is 0 Å². The molecule has 4 aromatic heterocycles. The van der Waals surface area contributed by atoms with Gasteiger partial charge in [-0.25, -0.2) is 9.97 Å². The van der Waals surface area contributed by atoms with Gasteiger partial charge in [-0.1, -0.05) is 152 Å². The fraction of sp³-hybridized carbons (Fsp3) is 0. The van der Waals surface area contributed by atoms with Gasteiger partial charge in [-0.05, 0) is 83.4 Å². The Hall–Kier alpha value is -8.54. The van der Waals surface area contributed by atoms with Crippen LogP contribution in [0, 0.1) is 0 Å². The minimum Gasteiger partial charge on any atom is -0.455 e. The van der Waals surface area contributed by atoms with Gasteiger partial charge in [-0.2, -0.15) is 0 Å². The van der Waals surface area contributed by atoms with E-state index in [-0.39, 0.29) is 0 Å². The van der Waals surface area contributed by atoms with Crippen LogP contribution in [0.2, 0.25) is 0 Å². The summed E-state index contributed by atoms with van der Waals surface area (Å²) in [5, 5.41) is 6.72. The van der Waals surface area contributed by atoms with Gasteiger partial charge in [0.1, 0.15) is 16.8 Å².